The van der Waals surface area contributed by atoms with Crippen molar-refractivity contribution < 1.29 is 5.11 Å². The molecule has 2 N–H and O–H groups in total. The van der Waals surface area contributed by atoms with E-state index in [0.717, 1.165) is 6.54 Å². The summed E-state index contributed by atoms with van der Waals surface area (Å²) in [5.41, 5.74) is 0.0191. The van der Waals surface area contributed by atoms with Gasteiger partial charge in [-0.25, -0.2) is 0 Å². The molecule has 0 bridgehead atoms. The van der Waals surface area contributed by atoms with Gasteiger partial charge in [-0.2, -0.15) is 0 Å². The van der Waals surface area contributed by atoms with E-state index in [9.17, 15) is 5.11 Å². The van der Waals surface area contributed by atoms with Crippen LogP contribution in [0.15, 0.2) is 0 Å². The molecule has 0 radical (unpaired) electrons. The summed E-state index contributed by atoms with van der Waals surface area (Å²) in [6.07, 6.45) is 5.16. The van der Waals surface area contributed by atoms with Crippen molar-refractivity contribution in [3.05, 3.63) is 0 Å². The Labute approximate surface area is 74.4 Å². The van der Waals surface area contributed by atoms with Crippen LogP contribution in [0.5, 0.6) is 0 Å². The lowest BCUT2D eigenvalue weighted by Crippen LogP contribution is -2.47. The van der Waals surface area contributed by atoms with Crippen LogP contribution in [-0.4, -0.2) is 22.8 Å². The number of nitrogens with one attached hydrogen (secondary N) is 1. The molecule has 1 saturated heterocycles. The lowest BCUT2D eigenvalue weighted by atomic mass is 9.82. The van der Waals surface area contributed by atoms with Gasteiger partial charge in [0.1, 0.15) is 0 Å². The minimum Gasteiger partial charge on any atom is -0.390 e. The maximum Gasteiger partial charge on any atom is 0.0631 e. The molecular formula is C10H19NO. The molecule has 1 atom stereocenters. The minimum absolute atomic E-state index is 0.448. The summed E-state index contributed by atoms with van der Waals surface area (Å²) in [6, 6.07) is 0. The number of hydrogen-bond acceptors (Lipinski definition) is 2. The number of piperidine rings is 1. The zero-order valence-corrected chi connectivity index (χ0v) is 8.06. The van der Waals surface area contributed by atoms with Crippen LogP contribution in [0.2, 0.25) is 0 Å². The van der Waals surface area contributed by atoms with Crippen molar-refractivity contribution >= 4 is 0 Å². The lowest BCUT2D eigenvalue weighted by molar-refractivity contribution is 0.000620. The standard InChI is InChI=1S/C10H19NO/c1-9(2,12)8-3-4-10(5-6-10)11-7-8/h8,11-12H,3-7H2,1-2H3. The summed E-state index contributed by atoms with van der Waals surface area (Å²) in [5.74, 6) is 0.448. The van der Waals surface area contributed by atoms with Gasteiger partial charge in [-0.05, 0) is 45.4 Å². The van der Waals surface area contributed by atoms with E-state index in [1.807, 2.05) is 13.8 Å². The van der Waals surface area contributed by atoms with Crippen LogP contribution in [0.3, 0.4) is 0 Å². The van der Waals surface area contributed by atoms with E-state index in [0.29, 0.717) is 11.5 Å². The molecule has 0 aromatic carbocycles. The van der Waals surface area contributed by atoms with Gasteiger partial charge in [0.05, 0.1) is 5.60 Å². The molecule has 2 fully saturated rings. The van der Waals surface area contributed by atoms with Gasteiger partial charge in [-0.15, -0.1) is 0 Å². The van der Waals surface area contributed by atoms with Gasteiger partial charge in [0.2, 0.25) is 0 Å². The fourth-order valence-electron chi connectivity index (χ4n) is 2.16. The molecule has 70 valence electrons. The van der Waals surface area contributed by atoms with Crippen molar-refractivity contribution in [2.75, 3.05) is 6.54 Å². The third-order valence-corrected chi connectivity index (χ3v) is 3.55. The summed E-state index contributed by atoms with van der Waals surface area (Å²) < 4.78 is 0. The van der Waals surface area contributed by atoms with Crippen LogP contribution >= 0.6 is 0 Å². The molecule has 1 aliphatic carbocycles. The Morgan fingerprint density at radius 1 is 1.33 bits per heavy atom. The predicted molar refractivity (Wildman–Crippen MR) is 49.0 cm³/mol. The lowest BCUT2D eigenvalue weighted by Gasteiger charge is -2.36. The third-order valence-electron chi connectivity index (χ3n) is 3.55. The summed E-state index contributed by atoms with van der Waals surface area (Å²) in [4.78, 5) is 0. The zero-order valence-electron chi connectivity index (χ0n) is 8.06. The summed E-state index contributed by atoms with van der Waals surface area (Å²) in [7, 11) is 0. The molecule has 12 heavy (non-hydrogen) atoms. The van der Waals surface area contributed by atoms with E-state index in [1.165, 1.54) is 25.7 Å². The van der Waals surface area contributed by atoms with Crippen LogP contribution in [0.25, 0.3) is 0 Å². The van der Waals surface area contributed by atoms with Crippen molar-refractivity contribution in [2.45, 2.75) is 50.7 Å². The second-order valence-corrected chi connectivity index (χ2v) is 5.05. The molecule has 2 aliphatic rings. The SMILES string of the molecule is CC(C)(O)C1CCC2(CC2)NC1. The molecule has 1 saturated carbocycles. The molecule has 2 heteroatoms. The first kappa shape index (κ1) is 8.52. The molecule has 1 heterocycles. The smallest absolute Gasteiger partial charge is 0.0631 e. The van der Waals surface area contributed by atoms with Crippen LogP contribution in [0, 0.1) is 5.92 Å². The van der Waals surface area contributed by atoms with Gasteiger partial charge in [0.15, 0.2) is 0 Å². The molecule has 0 aromatic heterocycles. The van der Waals surface area contributed by atoms with Crippen molar-refractivity contribution in [1.82, 2.24) is 5.32 Å². The average molecular weight is 169 g/mol. The first-order valence-corrected chi connectivity index (χ1v) is 4.99. The second-order valence-electron chi connectivity index (χ2n) is 5.05. The largest absolute Gasteiger partial charge is 0.390 e. The Morgan fingerprint density at radius 2 is 2.00 bits per heavy atom. The summed E-state index contributed by atoms with van der Waals surface area (Å²) >= 11 is 0. The van der Waals surface area contributed by atoms with Crippen molar-refractivity contribution in [3.63, 3.8) is 0 Å². The van der Waals surface area contributed by atoms with E-state index in [4.69, 9.17) is 0 Å². The van der Waals surface area contributed by atoms with Crippen molar-refractivity contribution in [3.8, 4) is 0 Å². The number of rotatable bonds is 1. The highest BCUT2D eigenvalue weighted by Crippen LogP contribution is 2.44. The predicted octanol–water partition coefficient (Wildman–Crippen LogP) is 1.29. The van der Waals surface area contributed by atoms with Crippen LogP contribution < -0.4 is 5.32 Å². The quantitative estimate of drug-likeness (QED) is 0.620. The van der Waals surface area contributed by atoms with Gasteiger partial charge >= 0.3 is 0 Å². The monoisotopic (exact) mass is 169 g/mol. The molecule has 1 spiro atoms. The molecule has 2 nitrogen and oxygen atoms in total. The van der Waals surface area contributed by atoms with Crippen LogP contribution in [0.1, 0.15) is 39.5 Å². The topological polar surface area (TPSA) is 32.3 Å². The average Bonchev–Trinajstić information content (AvgIpc) is 2.68. The van der Waals surface area contributed by atoms with E-state index >= 15 is 0 Å². The molecule has 0 amide bonds. The molecular weight excluding hydrogens is 150 g/mol. The molecule has 1 aliphatic heterocycles. The Bertz CT molecular complexity index is 169. The van der Waals surface area contributed by atoms with Crippen LogP contribution in [0.4, 0.5) is 0 Å². The highest BCUT2D eigenvalue weighted by atomic mass is 16.3. The fraction of sp³-hybridized carbons (Fsp3) is 1.00. The summed E-state index contributed by atoms with van der Waals surface area (Å²) in [5, 5.41) is 13.4. The Kier molecular flexibility index (Phi) is 1.74. The van der Waals surface area contributed by atoms with Gasteiger partial charge in [-0.1, -0.05) is 0 Å². The summed E-state index contributed by atoms with van der Waals surface area (Å²) in [6.45, 7) is 4.85. The first-order chi connectivity index (χ1) is 5.52. The van der Waals surface area contributed by atoms with Gasteiger partial charge in [-0.3, -0.25) is 0 Å². The van der Waals surface area contributed by atoms with Gasteiger partial charge in [0.25, 0.3) is 0 Å². The Balaban J connectivity index is 1.90. The molecule has 1 unspecified atom stereocenters. The Morgan fingerprint density at radius 3 is 2.33 bits per heavy atom. The number of aliphatic hydroxyl groups is 1. The van der Waals surface area contributed by atoms with Gasteiger partial charge in [0, 0.05) is 12.1 Å². The Hall–Kier alpha value is -0.0800. The van der Waals surface area contributed by atoms with E-state index in [1.54, 1.807) is 0 Å². The maximum atomic E-state index is 9.79. The zero-order chi connectivity index (χ0) is 8.82. The third kappa shape index (κ3) is 1.50. The highest BCUT2D eigenvalue weighted by Gasteiger charge is 2.46. The van der Waals surface area contributed by atoms with E-state index < -0.39 is 5.60 Å². The molecule has 2 rings (SSSR count). The van der Waals surface area contributed by atoms with E-state index in [2.05, 4.69) is 5.32 Å². The van der Waals surface area contributed by atoms with Crippen molar-refractivity contribution in [2.24, 2.45) is 5.92 Å². The fourth-order valence-corrected chi connectivity index (χ4v) is 2.16. The maximum absolute atomic E-state index is 9.79. The van der Waals surface area contributed by atoms with E-state index in [-0.39, 0.29) is 0 Å². The highest BCUT2D eigenvalue weighted by molar-refractivity contribution is 5.05. The van der Waals surface area contributed by atoms with Gasteiger partial charge < -0.3 is 10.4 Å². The first-order valence-electron chi connectivity index (χ1n) is 4.99. The minimum atomic E-state index is -0.497. The van der Waals surface area contributed by atoms with Crippen LogP contribution in [-0.2, 0) is 0 Å². The number of hydrogen-bond donors (Lipinski definition) is 2. The second kappa shape index (κ2) is 2.46. The molecule has 0 aromatic rings. The normalized spacial score (nSPS) is 33.8. The van der Waals surface area contributed by atoms with Crippen molar-refractivity contribution in [1.29, 1.82) is 0 Å².